The summed E-state index contributed by atoms with van der Waals surface area (Å²) in [6, 6.07) is 19.3. The number of aromatic nitrogens is 3. The fourth-order valence-corrected chi connectivity index (χ4v) is 6.14. The van der Waals surface area contributed by atoms with E-state index in [-0.39, 0.29) is 5.91 Å². The van der Waals surface area contributed by atoms with Crippen LogP contribution in [0.3, 0.4) is 0 Å². The number of halogens is 1. The molecule has 1 unspecified atom stereocenters. The molecule has 0 spiro atoms. The van der Waals surface area contributed by atoms with Crippen molar-refractivity contribution in [3.05, 3.63) is 98.7 Å². The van der Waals surface area contributed by atoms with Gasteiger partial charge in [-0.3, -0.25) is 4.79 Å². The van der Waals surface area contributed by atoms with Gasteiger partial charge in [-0.2, -0.15) is 4.98 Å². The molecule has 5 rings (SSSR count). The van der Waals surface area contributed by atoms with Gasteiger partial charge in [0.2, 0.25) is 11.1 Å². The van der Waals surface area contributed by atoms with E-state index in [4.69, 9.17) is 19.6 Å². The van der Waals surface area contributed by atoms with Gasteiger partial charge in [-0.15, -0.1) is 5.10 Å². The fourth-order valence-electron chi connectivity index (χ4n) is 4.88. The first kappa shape index (κ1) is 30.7. The van der Waals surface area contributed by atoms with Gasteiger partial charge in [0.25, 0.3) is 5.91 Å². The van der Waals surface area contributed by atoms with Gasteiger partial charge < -0.3 is 20.1 Å². The molecular formula is C33H36BrN5O3S. The first-order valence-corrected chi connectivity index (χ1v) is 16.2. The van der Waals surface area contributed by atoms with Crippen LogP contribution in [0.5, 0.6) is 11.5 Å². The van der Waals surface area contributed by atoms with E-state index in [1.54, 1.807) is 16.4 Å². The van der Waals surface area contributed by atoms with Crippen molar-refractivity contribution in [2.75, 3.05) is 23.0 Å². The third-order valence-corrected chi connectivity index (χ3v) is 8.69. The second-order valence-electron chi connectivity index (χ2n) is 10.4. The molecule has 1 aromatic heterocycles. The number of benzene rings is 3. The smallest absolute Gasteiger partial charge is 0.255 e. The first-order chi connectivity index (χ1) is 20.8. The van der Waals surface area contributed by atoms with Gasteiger partial charge in [0.15, 0.2) is 11.5 Å². The molecule has 0 saturated heterocycles. The van der Waals surface area contributed by atoms with E-state index < -0.39 is 6.04 Å². The van der Waals surface area contributed by atoms with Crippen molar-refractivity contribution >= 4 is 45.2 Å². The Morgan fingerprint density at radius 3 is 2.56 bits per heavy atom. The van der Waals surface area contributed by atoms with Crippen LogP contribution in [-0.2, 0) is 11.4 Å². The Hall–Kier alpha value is -3.76. The van der Waals surface area contributed by atoms with E-state index >= 15 is 0 Å². The number of ether oxygens (including phenoxy) is 2. The van der Waals surface area contributed by atoms with Gasteiger partial charge in [0, 0.05) is 17.1 Å². The number of para-hydroxylation sites is 1. The monoisotopic (exact) mass is 661 g/mol. The molecule has 0 saturated carbocycles. The number of fused-ring (bicyclic) bond motifs is 1. The minimum Gasteiger partial charge on any atom is -0.490 e. The summed E-state index contributed by atoms with van der Waals surface area (Å²) >= 11 is 5.34. The molecule has 1 amide bonds. The quantitative estimate of drug-likeness (QED) is 0.157. The number of nitrogens with one attached hydrogen (secondary N) is 2. The van der Waals surface area contributed by atoms with E-state index in [0.29, 0.717) is 47.1 Å². The zero-order valence-electron chi connectivity index (χ0n) is 25.0. The molecular weight excluding hydrogens is 626 g/mol. The molecule has 1 aliphatic heterocycles. The van der Waals surface area contributed by atoms with Crippen molar-refractivity contribution in [3.8, 4) is 11.5 Å². The number of hydrogen-bond donors (Lipinski definition) is 2. The van der Waals surface area contributed by atoms with Crippen molar-refractivity contribution in [3.63, 3.8) is 0 Å². The van der Waals surface area contributed by atoms with E-state index in [2.05, 4.69) is 64.7 Å². The molecule has 10 heteroatoms. The maximum Gasteiger partial charge on any atom is 0.255 e. The third-order valence-electron chi connectivity index (χ3n) is 7.06. The summed E-state index contributed by atoms with van der Waals surface area (Å²) in [6.07, 6.45) is 1.00. The number of aryl methyl sites for hydroxylation is 2. The molecule has 0 radical (unpaired) electrons. The molecule has 224 valence electrons. The Bertz CT molecular complexity index is 1650. The molecule has 0 aliphatic carbocycles. The van der Waals surface area contributed by atoms with Gasteiger partial charge in [0.05, 0.1) is 16.7 Å². The Balaban J connectivity index is 1.57. The average Bonchev–Trinajstić information content (AvgIpc) is 3.39. The number of amides is 1. The zero-order valence-corrected chi connectivity index (χ0v) is 27.4. The van der Waals surface area contributed by atoms with Crippen molar-refractivity contribution in [1.29, 1.82) is 0 Å². The molecule has 2 heterocycles. The minimum absolute atomic E-state index is 0.220. The van der Waals surface area contributed by atoms with Crippen LogP contribution in [0.15, 0.2) is 81.6 Å². The van der Waals surface area contributed by atoms with Crippen LogP contribution in [0.1, 0.15) is 55.5 Å². The minimum atomic E-state index is -0.564. The van der Waals surface area contributed by atoms with Crippen LogP contribution in [0.2, 0.25) is 0 Å². The maximum atomic E-state index is 14.0. The molecule has 4 aromatic rings. The average molecular weight is 663 g/mol. The lowest BCUT2D eigenvalue weighted by molar-refractivity contribution is -0.113. The standard InChI is InChI=1S/C33H36BrN5O3S/c1-6-16-43-33-37-32-35-22(5)28(31(40)36-26-11-9-8-10-21(26)4)29(39(32)38-33)24-17-25(34)30(27(18-24)41-7-2)42-19-23-14-12-20(3)13-15-23/h8-15,17-18,29H,6-7,16,19H2,1-5H3,(H,36,40)(H,35,37,38). The number of hydrogen-bond acceptors (Lipinski definition) is 7. The highest BCUT2D eigenvalue weighted by Gasteiger charge is 2.35. The normalized spacial score (nSPS) is 14.2. The van der Waals surface area contributed by atoms with Gasteiger partial charge in [-0.05, 0) is 84.9 Å². The van der Waals surface area contributed by atoms with Crippen molar-refractivity contribution in [2.24, 2.45) is 0 Å². The Morgan fingerprint density at radius 2 is 1.84 bits per heavy atom. The number of allylic oxidation sites excluding steroid dienone is 1. The molecule has 3 aromatic carbocycles. The second-order valence-corrected chi connectivity index (χ2v) is 12.3. The molecule has 0 fully saturated rings. The second kappa shape index (κ2) is 13.7. The summed E-state index contributed by atoms with van der Waals surface area (Å²) in [4.78, 5) is 18.7. The number of rotatable bonds is 11. The molecule has 43 heavy (non-hydrogen) atoms. The van der Waals surface area contributed by atoms with E-state index in [1.165, 1.54) is 5.56 Å². The maximum absolute atomic E-state index is 14.0. The van der Waals surface area contributed by atoms with Crippen LogP contribution in [0.25, 0.3) is 0 Å². The topological polar surface area (TPSA) is 90.3 Å². The first-order valence-electron chi connectivity index (χ1n) is 14.4. The molecule has 1 atom stereocenters. The highest BCUT2D eigenvalue weighted by atomic mass is 79.9. The van der Waals surface area contributed by atoms with Crippen LogP contribution in [-0.4, -0.2) is 33.0 Å². The Labute approximate surface area is 265 Å². The SMILES string of the molecule is CCCSc1nc2n(n1)C(c1cc(Br)c(OCc3ccc(C)cc3)c(OCC)c1)C(C(=O)Nc1ccccc1C)=C(C)N2. The van der Waals surface area contributed by atoms with Crippen LogP contribution >= 0.6 is 27.7 Å². The van der Waals surface area contributed by atoms with Gasteiger partial charge in [-0.25, -0.2) is 4.68 Å². The number of carbonyl (C=O) groups excluding carboxylic acids is 1. The van der Waals surface area contributed by atoms with Crippen molar-refractivity contribution < 1.29 is 14.3 Å². The highest BCUT2D eigenvalue weighted by Crippen LogP contribution is 2.43. The van der Waals surface area contributed by atoms with E-state index in [9.17, 15) is 4.79 Å². The summed E-state index contributed by atoms with van der Waals surface area (Å²) in [5.74, 6) is 2.44. The van der Waals surface area contributed by atoms with E-state index in [0.717, 1.165) is 39.0 Å². The third kappa shape index (κ3) is 6.91. The molecule has 1 aliphatic rings. The predicted molar refractivity (Wildman–Crippen MR) is 176 cm³/mol. The van der Waals surface area contributed by atoms with Gasteiger partial charge in [0.1, 0.15) is 12.6 Å². The summed E-state index contributed by atoms with van der Waals surface area (Å²) in [5.41, 5.74) is 6.04. The highest BCUT2D eigenvalue weighted by molar-refractivity contribution is 9.10. The largest absolute Gasteiger partial charge is 0.490 e. The van der Waals surface area contributed by atoms with Crippen LogP contribution in [0.4, 0.5) is 11.6 Å². The zero-order chi connectivity index (χ0) is 30.5. The summed E-state index contributed by atoms with van der Waals surface area (Å²) in [6.45, 7) is 10.8. The molecule has 2 N–H and O–H groups in total. The van der Waals surface area contributed by atoms with Gasteiger partial charge in [-0.1, -0.05) is 66.7 Å². The summed E-state index contributed by atoms with van der Waals surface area (Å²) in [7, 11) is 0. The van der Waals surface area contributed by atoms with Crippen LogP contribution in [0, 0.1) is 13.8 Å². The number of anilines is 2. The molecule has 0 bridgehead atoms. The predicted octanol–water partition coefficient (Wildman–Crippen LogP) is 8.06. The number of nitrogens with zero attached hydrogens (tertiary/aromatic N) is 3. The Morgan fingerprint density at radius 1 is 1.07 bits per heavy atom. The molecule has 8 nitrogen and oxygen atoms in total. The van der Waals surface area contributed by atoms with Crippen LogP contribution < -0.4 is 20.1 Å². The number of carbonyl (C=O) groups is 1. The van der Waals surface area contributed by atoms with E-state index in [1.807, 2.05) is 57.2 Å². The van der Waals surface area contributed by atoms with Gasteiger partial charge >= 0.3 is 0 Å². The summed E-state index contributed by atoms with van der Waals surface area (Å²) in [5, 5.41) is 12.0. The van der Waals surface area contributed by atoms with Crippen molar-refractivity contribution in [1.82, 2.24) is 14.8 Å². The van der Waals surface area contributed by atoms with Crippen molar-refractivity contribution in [2.45, 2.75) is 58.8 Å². The fraction of sp³-hybridized carbons (Fsp3) is 0.303. The lowest BCUT2D eigenvalue weighted by Gasteiger charge is -2.29. The Kier molecular flexibility index (Phi) is 9.77. The summed E-state index contributed by atoms with van der Waals surface area (Å²) < 4.78 is 14.9. The number of thioether (sulfide) groups is 1. The lowest BCUT2D eigenvalue weighted by Crippen LogP contribution is -2.31. The lowest BCUT2D eigenvalue weighted by atomic mass is 9.94.